The monoisotopic (exact) mass is 452 g/mol. The van der Waals surface area contributed by atoms with Gasteiger partial charge >= 0.3 is 5.97 Å². The van der Waals surface area contributed by atoms with E-state index in [2.05, 4.69) is 13.8 Å². The van der Waals surface area contributed by atoms with E-state index in [-0.39, 0.29) is 28.2 Å². The molecule has 4 rings (SSSR count). The van der Waals surface area contributed by atoms with Gasteiger partial charge in [0.25, 0.3) is 0 Å². The molecule has 0 amide bonds. The predicted molar refractivity (Wildman–Crippen MR) is 123 cm³/mol. The maximum absolute atomic E-state index is 12.9. The third-order valence-corrected chi connectivity index (χ3v) is 10.6. The van der Waals surface area contributed by atoms with E-state index in [9.17, 15) is 9.59 Å². The van der Waals surface area contributed by atoms with Crippen LogP contribution < -0.4 is 0 Å². The molecule has 0 aliphatic heterocycles. The van der Waals surface area contributed by atoms with Crippen molar-refractivity contribution in [1.29, 1.82) is 0 Å². The van der Waals surface area contributed by atoms with Gasteiger partial charge in [-0.2, -0.15) is 0 Å². The summed E-state index contributed by atoms with van der Waals surface area (Å²) >= 11 is 6.83. The van der Waals surface area contributed by atoms with Gasteiger partial charge in [-0.15, -0.1) is 0 Å². The zero-order valence-corrected chi connectivity index (χ0v) is 20.4. The van der Waals surface area contributed by atoms with Crippen LogP contribution in [0.3, 0.4) is 0 Å². The van der Waals surface area contributed by atoms with E-state index in [0.717, 1.165) is 25.7 Å². The van der Waals surface area contributed by atoms with E-state index < -0.39 is 0 Å². The number of ketones is 1. The summed E-state index contributed by atoms with van der Waals surface area (Å²) in [7, 11) is 0. The van der Waals surface area contributed by atoms with E-state index in [1.807, 2.05) is 6.92 Å². The smallest absolute Gasteiger partial charge is 0.302 e. The fourth-order valence-electron chi connectivity index (χ4n) is 7.80. The zero-order chi connectivity index (χ0) is 21.7. The van der Waals surface area contributed by atoms with Gasteiger partial charge in [-0.25, -0.2) is 0 Å². The Bertz CT molecular complexity index is 724. The number of fused-ring (bicyclic) bond motifs is 5. The second-order valence-corrected chi connectivity index (χ2v) is 12.3. The number of thioether (sulfide) groups is 1. The molecule has 4 nitrogen and oxygen atoms in total. The van der Waals surface area contributed by atoms with Crippen LogP contribution in [0.4, 0.5) is 0 Å². The number of carbonyl (C=O) groups excluding carboxylic acids is 2. The molecule has 4 aliphatic rings. The van der Waals surface area contributed by atoms with Crippen molar-refractivity contribution in [3.63, 3.8) is 0 Å². The molecule has 0 N–H and O–H groups in total. The Balaban J connectivity index is 1.54. The van der Waals surface area contributed by atoms with Gasteiger partial charge in [0.15, 0.2) is 0 Å². The van der Waals surface area contributed by atoms with Crippen LogP contribution in [-0.4, -0.2) is 34.1 Å². The standard InChI is InChI=1S/C24H36O4S2/c1-5-27-22(29)30-20-13-24(4)15(12-19(20)26)6-7-16-17-8-9-21(28-14(2)25)23(17,3)11-10-18(16)24/h15-18,20-21H,5-13H2,1-4H3/t15-,16+,17+,18+,20-,21+,23+,24+/m1/s1. The Kier molecular flexibility index (Phi) is 6.31. The number of thiocarbonyl (C=S) groups is 1. The summed E-state index contributed by atoms with van der Waals surface area (Å²) in [6, 6.07) is 0. The molecule has 168 valence electrons. The van der Waals surface area contributed by atoms with Gasteiger partial charge in [0.2, 0.25) is 4.38 Å². The average molecular weight is 453 g/mol. The van der Waals surface area contributed by atoms with E-state index in [0.29, 0.717) is 46.9 Å². The van der Waals surface area contributed by atoms with Gasteiger partial charge < -0.3 is 9.47 Å². The van der Waals surface area contributed by atoms with Crippen LogP contribution in [0.2, 0.25) is 0 Å². The maximum Gasteiger partial charge on any atom is 0.302 e. The Hall–Kier alpha value is -0.620. The third kappa shape index (κ3) is 3.74. The van der Waals surface area contributed by atoms with Crippen LogP contribution in [0.25, 0.3) is 0 Å². The highest BCUT2D eigenvalue weighted by Gasteiger charge is 2.62. The van der Waals surface area contributed by atoms with Gasteiger partial charge in [-0.3, -0.25) is 9.59 Å². The summed E-state index contributed by atoms with van der Waals surface area (Å²) in [5.74, 6) is 2.69. The van der Waals surface area contributed by atoms with Crippen LogP contribution in [0.15, 0.2) is 0 Å². The molecule has 4 aliphatic carbocycles. The minimum Gasteiger partial charge on any atom is -0.479 e. The molecule has 0 radical (unpaired) electrons. The molecular formula is C24H36O4S2. The van der Waals surface area contributed by atoms with Gasteiger partial charge in [-0.1, -0.05) is 25.6 Å². The molecule has 0 aromatic rings. The van der Waals surface area contributed by atoms with Crippen LogP contribution >= 0.6 is 24.0 Å². The second kappa shape index (κ2) is 8.38. The normalized spacial score (nSPS) is 45.1. The molecule has 4 fully saturated rings. The summed E-state index contributed by atoms with van der Waals surface area (Å²) < 4.78 is 11.8. The minimum absolute atomic E-state index is 0.0604. The molecule has 0 saturated heterocycles. The van der Waals surface area contributed by atoms with Gasteiger partial charge in [0.05, 0.1) is 11.9 Å². The molecule has 0 spiro atoms. The molecule has 0 aromatic heterocycles. The zero-order valence-electron chi connectivity index (χ0n) is 18.8. The number of rotatable bonds is 3. The van der Waals surface area contributed by atoms with Crippen molar-refractivity contribution in [3.8, 4) is 0 Å². The van der Waals surface area contributed by atoms with Crippen LogP contribution in [0.1, 0.15) is 79.1 Å². The van der Waals surface area contributed by atoms with E-state index in [4.69, 9.17) is 21.7 Å². The van der Waals surface area contributed by atoms with Gasteiger partial charge in [-0.05, 0) is 93.2 Å². The third-order valence-electron chi connectivity index (χ3n) is 9.22. The Morgan fingerprint density at radius 3 is 2.57 bits per heavy atom. The Labute approximate surface area is 190 Å². The fourth-order valence-corrected chi connectivity index (χ4v) is 9.35. The first-order valence-electron chi connectivity index (χ1n) is 11.7. The molecule has 8 atom stereocenters. The average Bonchev–Trinajstić information content (AvgIpc) is 2.99. The van der Waals surface area contributed by atoms with Crippen LogP contribution in [-0.2, 0) is 19.1 Å². The quantitative estimate of drug-likeness (QED) is 0.413. The first-order chi connectivity index (χ1) is 14.2. The van der Waals surface area contributed by atoms with Crippen LogP contribution in [0, 0.1) is 34.5 Å². The molecule has 0 aromatic carbocycles. The molecule has 6 heteroatoms. The van der Waals surface area contributed by atoms with Crippen molar-refractivity contribution < 1.29 is 19.1 Å². The van der Waals surface area contributed by atoms with Crippen molar-refractivity contribution >= 4 is 40.1 Å². The summed E-state index contributed by atoms with van der Waals surface area (Å²) in [5.41, 5.74) is 0.308. The van der Waals surface area contributed by atoms with E-state index in [1.54, 1.807) is 0 Å². The number of carbonyl (C=O) groups is 2. The highest BCUT2D eigenvalue weighted by Crippen LogP contribution is 2.66. The topological polar surface area (TPSA) is 52.6 Å². The van der Waals surface area contributed by atoms with Crippen molar-refractivity contribution in [2.45, 2.75) is 90.4 Å². The lowest BCUT2D eigenvalue weighted by Crippen LogP contribution is -2.56. The lowest BCUT2D eigenvalue weighted by atomic mass is 9.45. The van der Waals surface area contributed by atoms with E-state index >= 15 is 0 Å². The Morgan fingerprint density at radius 1 is 1.13 bits per heavy atom. The van der Waals surface area contributed by atoms with Gasteiger partial charge in [0.1, 0.15) is 11.9 Å². The molecule has 0 unspecified atom stereocenters. The number of Topliss-reactive ketones (excluding diaryl/α,β-unsaturated/α-hetero) is 1. The first-order valence-corrected chi connectivity index (χ1v) is 13.0. The number of ether oxygens (including phenoxy) is 2. The summed E-state index contributed by atoms with van der Waals surface area (Å²) in [6.45, 7) is 8.85. The molecule has 4 saturated carbocycles. The summed E-state index contributed by atoms with van der Waals surface area (Å²) in [6.07, 6.45) is 8.56. The predicted octanol–water partition coefficient (Wildman–Crippen LogP) is 5.56. The van der Waals surface area contributed by atoms with Crippen molar-refractivity contribution in [1.82, 2.24) is 0 Å². The second-order valence-electron chi connectivity index (χ2n) is 10.5. The number of hydrogen-bond donors (Lipinski definition) is 0. The molecule has 0 heterocycles. The summed E-state index contributed by atoms with van der Waals surface area (Å²) in [5, 5.41) is -0.0604. The fraction of sp³-hybridized carbons (Fsp3) is 0.875. The van der Waals surface area contributed by atoms with Crippen molar-refractivity contribution in [3.05, 3.63) is 0 Å². The lowest BCUT2D eigenvalue weighted by Gasteiger charge is -2.60. The lowest BCUT2D eigenvalue weighted by molar-refractivity contribution is -0.161. The SMILES string of the molecule is CCOC(=S)S[C@@H]1C[C@@]2(C)[C@H](CC[C@@H]3[C@@H]2CC[C@]2(C)[C@@H](OC(C)=O)CC[C@@H]32)CC1=O. The maximum atomic E-state index is 12.9. The number of hydrogen-bond acceptors (Lipinski definition) is 6. The molecule has 0 bridgehead atoms. The largest absolute Gasteiger partial charge is 0.479 e. The van der Waals surface area contributed by atoms with Crippen molar-refractivity contribution in [2.24, 2.45) is 34.5 Å². The summed E-state index contributed by atoms with van der Waals surface area (Å²) in [4.78, 5) is 24.5. The highest BCUT2D eigenvalue weighted by atomic mass is 32.2. The number of esters is 1. The minimum atomic E-state index is -0.143. The molecule has 30 heavy (non-hydrogen) atoms. The van der Waals surface area contributed by atoms with Crippen molar-refractivity contribution in [2.75, 3.05) is 6.61 Å². The molecular weight excluding hydrogens is 416 g/mol. The Morgan fingerprint density at radius 2 is 1.87 bits per heavy atom. The van der Waals surface area contributed by atoms with Gasteiger partial charge in [0, 0.05) is 18.8 Å². The highest BCUT2D eigenvalue weighted by molar-refractivity contribution is 8.23. The van der Waals surface area contributed by atoms with Crippen LogP contribution in [0.5, 0.6) is 0 Å². The first kappa shape index (κ1) is 22.6. The van der Waals surface area contributed by atoms with E-state index in [1.165, 1.54) is 37.9 Å².